The van der Waals surface area contributed by atoms with Crippen molar-refractivity contribution in [1.82, 2.24) is 0 Å². The molecule has 0 aliphatic heterocycles. The molecule has 11 heavy (non-hydrogen) atoms. The van der Waals surface area contributed by atoms with Gasteiger partial charge in [-0.25, -0.2) is 4.39 Å². The number of alkyl halides is 1. The zero-order valence-corrected chi connectivity index (χ0v) is 7.97. The van der Waals surface area contributed by atoms with Crippen molar-refractivity contribution in [2.45, 2.75) is 40.3 Å². The molecule has 1 fully saturated rings. The van der Waals surface area contributed by atoms with Crippen LogP contribution in [-0.2, 0) is 0 Å². The van der Waals surface area contributed by atoms with Crippen LogP contribution in [0.25, 0.3) is 0 Å². The Hall–Kier alpha value is -0.0700. The minimum absolute atomic E-state index is 0.265. The molecule has 0 aromatic carbocycles. The van der Waals surface area contributed by atoms with Gasteiger partial charge in [0.1, 0.15) is 6.17 Å². The highest BCUT2D eigenvalue weighted by Crippen LogP contribution is 2.39. The van der Waals surface area contributed by atoms with Gasteiger partial charge in [-0.05, 0) is 30.1 Å². The third-order valence-corrected chi connectivity index (χ3v) is 3.72. The quantitative estimate of drug-likeness (QED) is 0.507. The Morgan fingerprint density at radius 1 is 0.909 bits per heavy atom. The van der Waals surface area contributed by atoms with Gasteiger partial charge in [0.25, 0.3) is 0 Å². The van der Waals surface area contributed by atoms with Crippen LogP contribution in [0.15, 0.2) is 0 Å². The van der Waals surface area contributed by atoms with E-state index in [1.807, 2.05) is 6.92 Å². The maximum atomic E-state index is 13.3. The maximum Gasteiger partial charge on any atom is 0.103 e. The standard InChI is InChI=1S/C10H19F/c1-6-5-10(11)9(4)8(3)7(6)2/h6-10H,5H2,1-4H3/t6?,7-,8?,9?,10?/m1/s1. The molecule has 66 valence electrons. The van der Waals surface area contributed by atoms with Crippen LogP contribution in [0.4, 0.5) is 4.39 Å². The van der Waals surface area contributed by atoms with Crippen molar-refractivity contribution in [3.8, 4) is 0 Å². The molecule has 1 aliphatic rings. The molecule has 0 heterocycles. The number of hydrogen-bond acceptors (Lipinski definition) is 0. The molecular formula is C10H19F. The van der Waals surface area contributed by atoms with E-state index >= 15 is 0 Å². The fourth-order valence-electron chi connectivity index (χ4n) is 2.11. The van der Waals surface area contributed by atoms with E-state index < -0.39 is 6.17 Å². The summed E-state index contributed by atoms with van der Waals surface area (Å²) < 4.78 is 13.3. The Kier molecular flexibility index (Phi) is 2.56. The van der Waals surface area contributed by atoms with E-state index in [9.17, 15) is 4.39 Å². The number of hydrogen-bond donors (Lipinski definition) is 0. The minimum Gasteiger partial charge on any atom is -0.247 e. The molecular weight excluding hydrogens is 139 g/mol. The largest absolute Gasteiger partial charge is 0.247 e. The Bertz CT molecular complexity index is 119. The van der Waals surface area contributed by atoms with Crippen LogP contribution in [0.3, 0.4) is 0 Å². The first-order valence-corrected chi connectivity index (χ1v) is 4.68. The van der Waals surface area contributed by atoms with Crippen molar-refractivity contribution in [2.24, 2.45) is 23.7 Å². The summed E-state index contributed by atoms with van der Waals surface area (Å²) >= 11 is 0. The average Bonchev–Trinajstić information content (AvgIpc) is 1.97. The number of rotatable bonds is 0. The molecule has 0 aromatic rings. The molecule has 0 spiro atoms. The summed E-state index contributed by atoms with van der Waals surface area (Å²) in [6, 6.07) is 0. The average molecular weight is 158 g/mol. The molecule has 1 aliphatic carbocycles. The van der Waals surface area contributed by atoms with Gasteiger partial charge in [0.05, 0.1) is 0 Å². The summed E-state index contributed by atoms with van der Waals surface area (Å²) in [5.41, 5.74) is 0. The van der Waals surface area contributed by atoms with E-state index in [1.165, 1.54) is 0 Å². The summed E-state index contributed by atoms with van der Waals surface area (Å²) in [6.45, 7) is 8.63. The summed E-state index contributed by atoms with van der Waals surface area (Å²) in [5.74, 6) is 2.07. The van der Waals surface area contributed by atoms with Crippen molar-refractivity contribution in [2.75, 3.05) is 0 Å². The predicted molar refractivity (Wildman–Crippen MR) is 46.2 cm³/mol. The third-order valence-electron chi connectivity index (χ3n) is 3.72. The molecule has 1 rings (SSSR count). The van der Waals surface area contributed by atoms with Gasteiger partial charge in [0, 0.05) is 0 Å². The molecule has 1 saturated carbocycles. The minimum atomic E-state index is -0.559. The van der Waals surface area contributed by atoms with Crippen molar-refractivity contribution >= 4 is 0 Å². The Morgan fingerprint density at radius 2 is 1.45 bits per heavy atom. The zero-order valence-electron chi connectivity index (χ0n) is 7.97. The SMILES string of the molecule is CC1C(F)CC(C)[C@@H](C)C1C. The predicted octanol–water partition coefficient (Wildman–Crippen LogP) is 3.27. The van der Waals surface area contributed by atoms with Crippen molar-refractivity contribution in [3.05, 3.63) is 0 Å². The van der Waals surface area contributed by atoms with Crippen molar-refractivity contribution < 1.29 is 4.39 Å². The fourth-order valence-corrected chi connectivity index (χ4v) is 2.11. The molecule has 4 unspecified atom stereocenters. The highest BCUT2D eigenvalue weighted by atomic mass is 19.1. The second kappa shape index (κ2) is 3.12. The van der Waals surface area contributed by atoms with Crippen molar-refractivity contribution in [1.29, 1.82) is 0 Å². The summed E-state index contributed by atoms with van der Waals surface area (Å²) in [6.07, 6.45) is 0.211. The first kappa shape index (κ1) is 9.02. The van der Waals surface area contributed by atoms with Crippen LogP contribution >= 0.6 is 0 Å². The van der Waals surface area contributed by atoms with Crippen LogP contribution in [0, 0.1) is 23.7 Å². The van der Waals surface area contributed by atoms with Crippen LogP contribution in [0.1, 0.15) is 34.1 Å². The highest BCUT2D eigenvalue weighted by Gasteiger charge is 2.35. The Labute approximate surface area is 69.2 Å². The lowest BCUT2D eigenvalue weighted by Gasteiger charge is -2.39. The van der Waals surface area contributed by atoms with Crippen LogP contribution < -0.4 is 0 Å². The molecule has 5 atom stereocenters. The second-order valence-electron chi connectivity index (χ2n) is 4.31. The molecule has 0 saturated heterocycles. The molecule has 0 bridgehead atoms. The summed E-state index contributed by atoms with van der Waals surface area (Å²) in [4.78, 5) is 0. The lowest BCUT2D eigenvalue weighted by Crippen LogP contribution is -2.36. The number of halogens is 1. The Morgan fingerprint density at radius 3 is 2.00 bits per heavy atom. The molecule has 0 amide bonds. The van der Waals surface area contributed by atoms with E-state index in [2.05, 4.69) is 20.8 Å². The summed E-state index contributed by atoms with van der Waals surface area (Å²) in [5, 5.41) is 0. The first-order chi connectivity index (χ1) is 5.04. The lowest BCUT2D eigenvalue weighted by atomic mass is 9.68. The van der Waals surface area contributed by atoms with E-state index in [0.717, 1.165) is 6.42 Å². The summed E-state index contributed by atoms with van der Waals surface area (Å²) in [7, 11) is 0. The van der Waals surface area contributed by atoms with Gasteiger partial charge in [0.15, 0.2) is 0 Å². The van der Waals surface area contributed by atoms with E-state index in [1.54, 1.807) is 0 Å². The van der Waals surface area contributed by atoms with Gasteiger partial charge >= 0.3 is 0 Å². The topological polar surface area (TPSA) is 0 Å². The van der Waals surface area contributed by atoms with Gasteiger partial charge in [-0.1, -0.05) is 27.7 Å². The molecule has 0 N–H and O–H groups in total. The smallest absolute Gasteiger partial charge is 0.103 e. The van der Waals surface area contributed by atoms with E-state index in [-0.39, 0.29) is 5.92 Å². The first-order valence-electron chi connectivity index (χ1n) is 4.68. The lowest BCUT2D eigenvalue weighted by molar-refractivity contribution is 0.0490. The van der Waals surface area contributed by atoms with Crippen LogP contribution in [0.2, 0.25) is 0 Å². The Balaban J connectivity index is 2.63. The third kappa shape index (κ3) is 1.57. The molecule has 0 aromatic heterocycles. The van der Waals surface area contributed by atoms with Gasteiger partial charge in [0.2, 0.25) is 0 Å². The monoisotopic (exact) mass is 158 g/mol. The maximum absolute atomic E-state index is 13.3. The van der Waals surface area contributed by atoms with Gasteiger partial charge in [-0.3, -0.25) is 0 Å². The van der Waals surface area contributed by atoms with Crippen molar-refractivity contribution in [3.63, 3.8) is 0 Å². The molecule has 0 radical (unpaired) electrons. The molecule has 0 nitrogen and oxygen atoms in total. The van der Waals surface area contributed by atoms with Gasteiger partial charge in [-0.15, -0.1) is 0 Å². The van der Waals surface area contributed by atoms with Gasteiger partial charge in [-0.2, -0.15) is 0 Å². The second-order valence-corrected chi connectivity index (χ2v) is 4.31. The van der Waals surface area contributed by atoms with Gasteiger partial charge < -0.3 is 0 Å². The van der Waals surface area contributed by atoms with E-state index in [4.69, 9.17) is 0 Å². The zero-order chi connectivity index (χ0) is 8.59. The normalized spacial score (nSPS) is 52.6. The molecule has 1 heteroatoms. The van der Waals surface area contributed by atoms with Crippen LogP contribution in [-0.4, -0.2) is 6.17 Å². The highest BCUT2D eigenvalue weighted by molar-refractivity contribution is 4.84. The fraction of sp³-hybridized carbons (Fsp3) is 1.00. The van der Waals surface area contributed by atoms with E-state index in [0.29, 0.717) is 17.8 Å². The van der Waals surface area contributed by atoms with Crippen LogP contribution in [0.5, 0.6) is 0 Å².